The molecule has 1 fully saturated rings. The Morgan fingerprint density at radius 2 is 2.04 bits per heavy atom. The van der Waals surface area contributed by atoms with Crippen molar-refractivity contribution in [2.75, 3.05) is 37.7 Å². The summed E-state index contributed by atoms with van der Waals surface area (Å²) in [6.45, 7) is 1.84. The highest BCUT2D eigenvalue weighted by Crippen LogP contribution is 2.29. The SMILES string of the molecule is C#C/C=C/COC(=O)N1CCN(c2ccc(C(F)(F)F)cn2)CC1. The van der Waals surface area contributed by atoms with Crippen LogP contribution in [0.1, 0.15) is 5.56 Å². The predicted octanol–water partition coefficient (Wildman–Crippen LogP) is 2.55. The van der Waals surface area contributed by atoms with Crippen LogP contribution in [-0.4, -0.2) is 48.8 Å². The first-order valence-corrected chi connectivity index (χ1v) is 7.23. The number of amides is 1. The first-order valence-electron chi connectivity index (χ1n) is 7.23. The standard InChI is InChI=1S/C16H16F3N3O2/c1-2-3-4-11-24-15(23)22-9-7-21(8-10-22)14-6-5-13(12-20-14)16(17,18)19/h1,3-6,12H,7-11H2/b4-3+. The van der Waals surface area contributed by atoms with Gasteiger partial charge in [0.2, 0.25) is 0 Å². The van der Waals surface area contributed by atoms with E-state index in [1.54, 1.807) is 6.08 Å². The van der Waals surface area contributed by atoms with Crippen LogP contribution < -0.4 is 4.90 Å². The van der Waals surface area contributed by atoms with Gasteiger partial charge in [0.1, 0.15) is 12.4 Å². The fourth-order valence-corrected chi connectivity index (χ4v) is 2.19. The van der Waals surface area contributed by atoms with Gasteiger partial charge in [0.25, 0.3) is 0 Å². The zero-order valence-corrected chi connectivity index (χ0v) is 12.8. The van der Waals surface area contributed by atoms with Crippen molar-refractivity contribution >= 4 is 11.9 Å². The fourth-order valence-electron chi connectivity index (χ4n) is 2.19. The molecule has 1 saturated heterocycles. The number of allylic oxidation sites excluding steroid dienone is 1. The van der Waals surface area contributed by atoms with Crippen molar-refractivity contribution in [1.29, 1.82) is 0 Å². The number of pyridine rings is 1. The van der Waals surface area contributed by atoms with E-state index < -0.39 is 17.8 Å². The van der Waals surface area contributed by atoms with Crippen molar-refractivity contribution in [2.45, 2.75) is 6.18 Å². The lowest BCUT2D eigenvalue weighted by Gasteiger charge is -2.34. The molecule has 5 nitrogen and oxygen atoms in total. The number of nitrogens with zero attached hydrogens (tertiary/aromatic N) is 3. The number of rotatable bonds is 3. The van der Waals surface area contributed by atoms with Gasteiger partial charge in [0.05, 0.1) is 5.56 Å². The first-order chi connectivity index (χ1) is 11.4. The van der Waals surface area contributed by atoms with Gasteiger partial charge in [-0.05, 0) is 24.3 Å². The molecule has 8 heteroatoms. The number of anilines is 1. The Hall–Kier alpha value is -2.69. The third-order valence-electron chi connectivity index (χ3n) is 3.45. The molecule has 0 unspecified atom stereocenters. The van der Waals surface area contributed by atoms with Gasteiger partial charge in [-0.25, -0.2) is 9.78 Å². The molecule has 128 valence electrons. The molecule has 0 atom stereocenters. The Balaban J connectivity index is 1.85. The van der Waals surface area contributed by atoms with Crippen molar-refractivity contribution in [2.24, 2.45) is 0 Å². The number of piperazine rings is 1. The lowest BCUT2D eigenvalue weighted by molar-refractivity contribution is -0.137. The highest BCUT2D eigenvalue weighted by Gasteiger charge is 2.31. The Morgan fingerprint density at radius 1 is 1.33 bits per heavy atom. The lowest BCUT2D eigenvalue weighted by Crippen LogP contribution is -2.49. The molecule has 0 aromatic carbocycles. The van der Waals surface area contributed by atoms with Crippen molar-refractivity contribution < 1.29 is 22.7 Å². The van der Waals surface area contributed by atoms with E-state index in [4.69, 9.17) is 11.2 Å². The first kappa shape index (κ1) is 17.7. The second-order valence-corrected chi connectivity index (χ2v) is 5.02. The Labute approximate surface area is 137 Å². The summed E-state index contributed by atoms with van der Waals surface area (Å²) < 4.78 is 42.6. The number of carbonyl (C=O) groups excluding carboxylic acids is 1. The molecule has 0 radical (unpaired) electrons. The molecule has 0 spiro atoms. The highest BCUT2D eigenvalue weighted by molar-refractivity contribution is 5.68. The average molecular weight is 339 g/mol. The summed E-state index contributed by atoms with van der Waals surface area (Å²) in [5, 5.41) is 0. The van der Waals surface area contributed by atoms with Crippen LogP contribution in [0, 0.1) is 12.3 Å². The molecule has 1 amide bonds. The lowest BCUT2D eigenvalue weighted by atomic mass is 10.2. The van der Waals surface area contributed by atoms with Gasteiger partial charge in [0, 0.05) is 32.4 Å². The largest absolute Gasteiger partial charge is 0.445 e. The van der Waals surface area contributed by atoms with E-state index in [1.165, 1.54) is 17.0 Å². The number of aromatic nitrogens is 1. The van der Waals surface area contributed by atoms with Gasteiger partial charge in [-0.3, -0.25) is 0 Å². The molecule has 2 heterocycles. The number of terminal acetylenes is 1. The molecule has 0 saturated carbocycles. The number of ether oxygens (including phenoxy) is 1. The molecule has 0 bridgehead atoms. The summed E-state index contributed by atoms with van der Waals surface area (Å²) >= 11 is 0. The maximum Gasteiger partial charge on any atom is 0.417 e. The Kier molecular flexibility index (Phi) is 5.68. The van der Waals surface area contributed by atoms with Crippen LogP contribution >= 0.6 is 0 Å². The van der Waals surface area contributed by atoms with Crippen molar-refractivity contribution in [1.82, 2.24) is 9.88 Å². The van der Waals surface area contributed by atoms with Crippen LogP contribution in [0.5, 0.6) is 0 Å². The molecule has 0 N–H and O–H groups in total. The Morgan fingerprint density at radius 3 is 2.58 bits per heavy atom. The highest BCUT2D eigenvalue weighted by atomic mass is 19.4. The van der Waals surface area contributed by atoms with Crippen LogP contribution in [0.15, 0.2) is 30.5 Å². The van der Waals surface area contributed by atoms with Gasteiger partial charge in [-0.2, -0.15) is 13.2 Å². The van der Waals surface area contributed by atoms with E-state index in [-0.39, 0.29) is 6.61 Å². The average Bonchev–Trinajstić information content (AvgIpc) is 2.58. The van der Waals surface area contributed by atoms with Gasteiger partial charge >= 0.3 is 12.3 Å². The van der Waals surface area contributed by atoms with E-state index in [0.29, 0.717) is 32.0 Å². The minimum Gasteiger partial charge on any atom is -0.445 e. The molecule has 0 aliphatic carbocycles. The maximum absolute atomic E-state index is 12.5. The Bertz CT molecular complexity index is 627. The number of hydrogen-bond donors (Lipinski definition) is 0. The van der Waals surface area contributed by atoms with Crippen LogP contribution in [0.4, 0.5) is 23.8 Å². The summed E-state index contributed by atoms with van der Waals surface area (Å²) in [4.78, 5) is 19.0. The topological polar surface area (TPSA) is 45.7 Å². The van der Waals surface area contributed by atoms with Crippen LogP contribution in [0.3, 0.4) is 0 Å². The second-order valence-electron chi connectivity index (χ2n) is 5.02. The molecule has 1 aliphatic heterocycles. The second kappa shape index (κ2) is 7.73. The van der Waals surface area contributed by atoms with Gasteiger partial charge in [-0.1, -0.05) is 5.92 Å². The maximum atomic E-state index is 12.5. The van der Waals surface area contributed by atoms with Gasteiger partial charge in [-0.15, -0.1) is 6.42 Å². The molecule has 1 aromatic heterocycles. The van der Waals surface area contributed by atoms with E-state index in [1.807, 2.05) is 4.90 Å². The van der Waals surface area contributed by atoms with Crippen LogP contribution in [0.25, 0.3) is 0 Å². The van der Waals surface area contributed by atoms with Crippen LogP contribution in [-0.2, 0) is 10.9 Å². The predicted molar refractivity (Wildman–Crippen MR) is 82.3 cm³/mol. The number of carbonyl (C=O) groups is 1. The van der Waals surface area contributed by atoms with Gasteiger partial charge < -0.3 is 14.5 Å². The molecular formula is C16H16F3N3O2. The third kappa shape index (κ3) is 4.65. The third-order valence-corrected chi connectivity index (χ3v) is 3.45. The molecule has 2 rings (SSSR count). The molecular weight excluding hydrogens is 323 g/mol. The summed E-state index contributed by atoms with van der Waals surface area (Å²) in [5.74, 6) is 2.74. The van der Waals surface area contributed by atoms with Crippen molar-refractivity contribution in [3.63, 3.8) is 0 Å². The minimum absolute atomic E-state index is 0.101. The smallest absolute Gasteiger partial charge is 0.417 e. The van der Waals surface area contributed by atoms with E-state index >= 15 is 0 Å². The van der Waals surface area contributed by atoms with Crippen LogP contribution in [0.2, 0.25) is 0 Å². The number of alkyl halides is 3. The monoisotopic (exact) mass is 339 g/mol. The zero-order chi connectivity index (χ0) is 17.6. The number of hydrogen-bond acceptors (Lipinski definition) is 4. The molecule has 24 heavy (non-hydrogen) atoms. The zero-order valence-electron chi connectivity index (χ0n) is 12.8. The summed E-state index contributed by atoms with van der Waals surface area (Å²) in [5.41, 5.74) is -0.784. The summed E-state index contributed by atoms with van der Waals surface area (Å²) in [6.07, 6.45) is 4.00. The van der Waals surface area contributed by atoms with E-state index in [2.05, 4.69) is 10.9 Å². The normalized spacial score (nSPS) is 15.4. The quantitative estimate of drug-likeness (QED) is 0.794. The summed E-state index contributed by atoms with van der Waals surface area (Å²) in [6, 6.07) is 2.34. The molecule has 1 aliphatic rings. The van der Waals surface area contributed by atoms with Crippen molar-refractivity contribution in [3.8, 4) is 12.3 Å². The fraction of sp³-hybridized carbons (Fsp3) is 0.375. The van der Waals surface area contributed by atoms with E-state index in [9.17, 15) is 18.0 Å². The minimum atomic E-state index is -4.40. The van der Waals surface area contributed by atoms with E-state index in [0.717, 1.165) is 12.3 Å². The van der Waals surface area contributed by atoms with Crippen molar-refractivity contribution in [3.05, 3.63) is 36.0 Å². The van der Waals surface area contributed by atoms with Gasteiger partial charge in [0.15, 0.2) is 0 Å². The number of halogens is 3. The molecule has 1 aromatic rings. The summed E-state index contributed by atoms with van der Waals surface area (Å²) in [7, 11) is 0.